The van der Waals surface area contributed by atoms with Crippen molar-refractivity contribution in [3.63, 3.8) is 0 Å². The van der Waals surface area contributed by atoms with E-state index in [0.717, 1.165) is 43.0 Å². The molecule has 1 amide bonds. The first-order valence-corrected chi connectivity index (χ1v) is 7.68. The Kier molecular flexibility index (Phi) is 4.42. The molecule has 0 unspecified atom stereocenters. The molecule has 0 saturated carbocycles. The van der Waals surface area contributed by atoms with Crippen molar-refractivity contribution in [2.75, 3.05) is 13.1 Å². The number of rotatable bonds is 3. The Morgan fingerprint density at radius 1 is 1.36 bits per heavy atom. The normalized spacial score (nSPS) is 18.2. The lowest BCUT2D eigenvalue weighted by Gasteiger charge is -2.32. The van der Waals surface area contributed by atoms with Gasteiger partial charge in [-0.15, -0.1) is 0 Å². The van der Waals surface area contributed by atoms with E-state index in [2.05, 4.69) is 15.0 Å². The fourth-order valence-electron chi connectivity index (χ4n) is 2.94. The van der Waals surface area contributed by atoms with Crippen molar-refractivity contribution in [3.8, 4) is 0 Å². The van der Waals surface area contributed by atoms with E-state index in [0.29, 0.717) is 12.3 Å². The molecular weight excluding hydrogens is 276 g/mol. The molecule has 114 valence electrons. The smallest absolute Gasteiger partial charge is 0.227 e. The summed E-state index contributed by atoms with van der Waals surface area (Å²) in [5.41, 5.74) is 2.01. The third-order valence-electron chi connectivity index (χ3n) is 4.07. The lowest BCUT2D eigenvalue weighted by Crippen LogP contribution is -2.40. The number of hydrogen-bond acceptors (Lipinski definition) is 4. The minimum atomic E-state index is 0.170. The van der Waals surface area contributed by atoms with E-state index >= 15 is 0 Å². The molecule has 2 aromatic rings. The zero-order chi connectivity index (χ0) is 15.4. The molecule has 0 aliphatic carbocycles. The van der Waals surface area contributed by atoms with Crippen molar-refractivity contribution < 1.29 is 4.79 Å². The van der Waals surface area contributed by atoms with E-state index in [1.54, 1.807) is 18.6 Å². The van der Waals surface area contributed by atoms with E-state index in [9.17, 15) is 4.79 Å². The maximum absolute atomic E-state index is 12.5. The van der Waals surface area contributed by atoms with Crippen LogP contribution in [-0.2, 0) is 11.2 Å². The van der Waals surface area contributed by atoms with Crippen molar-refractivity contribution in [1.29, 1.82) is 0 Å². The molecule has 5 nitrogen and oxygen atoms in total. The van der Waals surface area contributed by atoms with Crippen LogP contribution in [0.3, 0.4) is 0 Å². The molecule has 0 aromatic carbocycles. The molecule has 1 aliphatic heterocycles. The summed E-state index contributed by atoms with van der Waals surface area (Å²) in [6.07, 6.45) is 7.80. The summed E-state index contributed by atoms with van der Waals surface area (Å²) in [5.74, 6) is 1.27. The number of piperidine rings is 1. The molecule has 0 radical (unpaired) electrons. The number of carbonyl (C=O) groups excluding carboxylic acids is 1. The Morgan fingerprint density at radius 2 is 2.27 bits per heavy atom. The Hall–Kier alpha value is -2.30. The maximum atomic E-state index is 12.5. The van der Waals surface area contributed by atoms with Gasteiger partial charge in [0.25, 0.3) is 0 Å². The molecule has 1 fully saturated rings. The SMILES string of the molecule is Cc1nccc([C@@H]2CCCN(C(=O)Cc3cccnc3)C2)n1. The second-order valence-electron chi connectivity index (χ2n) is 5.75. The molecule has 0 spiro atoms. The summed E-state index contributed by atoms with van der Waals surface area (Å²) in [7, 11) is 0. The van der Waals surface area contributed by atoms with E-state index in [1.807, 2.05) is 30.0 Å². The fourth-order valence-corrected chi connectivity index (χ4v) is 2.94. The van der Waals surface area contributed by atoms with Crippen molar-refractivity contribution in [1.82, 2.24) is 19.9 Å². The number of amides is 1. The van der Waals surface area contributed by atoms with Crippen molar-refractivity contribution in [3.05, 3.63) is 53.9 Å². The minimum Gasteiger partial charge on any atom is -0.342 e. The van der Waals surface area contributed by atoms with Gasteiger partial charge in [0.1, 0.15) is 5.82 Å². The topological polar surface area (TPSA) is 59.0 Å². The van der Waals surface area contributed by atoms with Gasteiger partial charge in [-0.25, -0.2) is 9.97 Å². The van der Waals surface area contributed by atoms with Crippen LogP contribution in [0.1, 0.15) is 35.8 Å². The van der Waals surface area contributed by atoms with Crippen LogP contribution in [0.4, 0.5) is 0 Å². The van der Waals surface area contributed by atoms with Crippen LogP contribution in [0.15, 0.2) is 36.8 Å². The number of aromatic nitrogens is 3. The summed E-state index contributed by atoms with van der Waals surface area (Å²) < 4.78 is 0. The second kappa shape index (κ2) is 6.64. The molecule has 0 N–H and O–H groups in total. The first kappa shape index (κ1) is 14.6. The monoisotopic (exact) mass is 296 g/mol. The van der Waals surface area contributed by atoms with Crippen LogP contribution in [0.25, 0.3) is 0 Å². The standard InChI is InChI=1S/C17H20N4O/c1-13-19-8-6-16(20-13)15-5-3-9-21(12-15)17(22)10-14-4-2-7-18-11-14/h2,4,6-8,11,15H,3,5,9-10,12H2,1H3/t15-/m1/s1. The number of carbonyl (C=O) groups is 1. The van der Waals surface area contributed by atoms with Gasteiger partial charge in [-0.2, -0.15) is 0 Å². The number of hydrogen-bond donors (Lipinski definition) is 0. The molecule has 0 bridgehead atoms. The van der Waals surface area contributed by atoms with Crippen molar-refractivity contribution in [2.45, 2.75) is 32.1 Å². The molecular formula is C17H20N4O. The van der Waals surface area contributed by atoms with Crippen LogP contribution >= 0.6 is 0 Å². The highest BCUT2D eigenvalue weighted by Gasteiger charge is 2.25. The van der Waals surface area contributed by atoms with Gasteiger partial charge in [-0.05, 0) is 37.5 Å². The summed E-state index contributed by atoms with van der Waals surface area (Å²) in [6, 6.07) is 5.78. The quantitative estimate of drug-likeness (QED) is 0.870. The van der Waals surface area contributed by atoms with E-state index in [-0.39, 0.29) is 5.91 Å². The zero-order valence-electron chi connectivity index (χ0n) is 12.8. The predicted molar refractivity (Wildman–Crippen MR) is 83.3 cm³/mol. The van der Waals surface area contributed by atoms with Gasteiger partial charge in [-0.3, -0.25) is 9.78 Å². The first-order valence-electron chi connectivity index (χ1n) is 7.68. The second-order valence-corrected chi connectivity index (χ2v) is 5.75. The van der Waals surface area contributed by atoms with Gasteiger partial charge in [0.05, 0.1) is 6.42 Å². The number of aryl methyl sites for hydroxylation is 1. The summed E-state index contributed by atoms with van der Waals surface area (Å²) in [4.78, 5) is 27.2. The third kappa shape index (κ3) is 3.47. The Morgan fingerprint density at radius 3 is 3.05 bits per heavy atom. The van der Waals surface area contributed by atoms with Crippen LogP contribution in [0, 0.1) is 6.92 Å². The van der Waals surface area contributed by atoms with Crippen LogP contribution in [0.5, 0.6) is 0 Å². The third-order valence-corrected chi connectivity index (χ3v) is 4.07. The molecule has 3 heterocycles. The zero-order valence-corrected chi connectivity index (χ0v) is 12.8. The van der Waals surface area contributed by atoms with Crippen molar-refractivity contribution >= 4 is 5.91 Å². The van der Waals surface area contributed by atoms with E-state index in [1.165, 1.54) is 0 Å². The predicted octanol–water partition coefficient (Wildman–Crippen LogP) is 2.13. The molecule has 3 rings (SSSR count). The number of nitrogens with zero attached hydrogens (tertiary/aromatic N) is 4. The van der Waals surface area contributed by atoms with Crippen molar-refractivity contribution in [2.24, 2.45) is 0 Å². The Bertz CT molecular complexity index is 644. The van der Waals surface area contributed by atoms with Gasteiger partial charge >= 0.3 is 0 Å². The largest absolute Gasteiger partial charge is 0.342 e. The lowest BCUT2D eigenvalue weighted by atomic mass is 9.94. The molecule has 1 saturated heterocycles. The Labute approximate surface area is 130 Å². The molecule has 5 heteroatoms. The van der Waals surface area contributed by atoms with E-state index < -0.39 is 0 Å². The van der Waals surface area contributed by atoms with Crippen LogP contribution in [0.2, 0.25) is 0 Å². The summed E-state index contributed by atoms with van der Waals surface area (Å²) in [5, 5.41) is 0. The summed E-state index contributed by atoms with van der Waals surface area (Å²) in [6.45, 7) is 3.48. The highest BCUT2D eigenvalue weighted by molar-refractivity contribution is 5.78. The van der Waals surface area contributed by atoms with Crippen LogP contribution in [-0.4, -0.2) is 38.8 Å². The number of pyridine rings is 1. The van der Waals surface area contributed by atoms with E-state index in [4.69, 9.17) is 0 Å². The first-order chi connectivity index (χ1) is 10.7. The average molecular weight is 296 g/mol. The van der Waals surface area contributed by atoms with Gasteiger partial charge < -0.3 is 4.90 Å². The fraction of sp³-hybridized carbons (Fsp3) is 0.412. The average Bonchev–Trinajstić information content (AvgIpc) is 2.56. The highest BCUT2D eigenvalue weighted by Crippen LogP contribution is 2.25. The maximum Gasteiger partial charge on any atom is 0.227 e. The molecule has 22 heavy (non-hydrogen) atoms. The van der Waals surface area contributed by atoms with Gasteiger partial charge in [0, 0.05) is 43.3 Å². The minimum absolute atomic E-state index is 0.170. The molecule has 1 aliphatic rings. The number of likely N-dealkylation sites (tertiary alicyclic amines) is 1. The Balaban J connectivity index is 1.66. The summed E-state index contributed by atoms with van der Waals surface area (Å²) >= 11 is 0. The molecule has 2 aromatic heterocycles. The highest BCUT2D eigenvalue weighted by atomic mass is 16.2. The van der Waals surface area contributed by atoms with Gasteiger partial charge in [0.2, 0.25) is 5.91 Å². The molecule has 1 atom stereocenters. The lowest BCUT2D eigenvalue weighted by molar-refractivity contribution is -0.131. The van der Waals surface area contributed by atoms with Gasteiger partial charge in [0.15, 0.2) is 0 Å². The van der Waals surface area contributed by atoms with Crippen LogP contribution < -0.4 is 0 Å². The van der Waals surface area contributed by atoms with Gasteiger partial charge in [-0.1, -0.05) is 6.07 Å².